The van der Waals surface area contributed by atoms with E-state index in [0.717, 1.165) is 11.1 Å². The molecule has 2 aromatic rings. The third kappa shape index (κ3) is 0.756. The minimum Gasteiger partial charge on any atom is -0.323 e. The Labute approximate surface area is 63.6 Å². The van der Waals surface area contributed by atoms with Crippen molar-refractivity contribution >= 4 is 11.0 Å². The van der Waals surface area contributed by atoms with Crippen molar-refractivity contribution in [3.63, 3.8) is 0 Å². The van der Waals surface area contributed by atoms with E-state index >= 15 is 0 Å². The molecule has 0 saturated heterocycles. The first-order chi connectivity index (χ1) is 5.29. The van der Waals surface area contributed by atoms with Gasteiger partial charge in [0, 0.05) is 11.6 Å². The highest BCUT2D eigenvalue weighted by molar-refractivity contribution is 5.77. The molecule has 11 heavy (non-hydrogen) atoms. The van der Waals surface area contributed by atoms with Crippen LogP contribution in [0, 0.1) is 6.92 Å². The molecule has 0 fully saturated rings. The highest BCUT2D eigenvalue weighted by atomic mass is 15.5. The zero-order valence-electron chi connectivity index (χ0n) is 6.15. The Morgan fingerprint density at radius 1 is 1.55 bits per heavy atom. The Kier molecular flexibility index (Phi) is 1.09. The van der Waals surface area contributed by atoms with Crippen molar-refractivity contribution in [1.82, 2.24) is 14.9 Å². The second-order valence-corrected chi connectivity index (χ2v) is 2.40. The van der Waals surface area contributed by atoms with Crippen molar-refractivity contribution in [1.29, 1.82) is 0 Å². The Bertz CT molecular complexity index is 390. The van der Waals surface area contributed by atoms with Crippen LogP contribution in [0.5, 0.6) is 0 Å². The fourth-order valence-electron chi connectivity index (χ4n) is 1.06. The van der Waals surface area contributed by atoms with Crippen LogP contribution in [0.3, 0.4) is 0 Å². The van der Waals surface area contributed by atoms with Gasteiger partial charge in [0.1, 0.15) is 0 Å². The molecule has 2 aromatic heterocycles. The van der Waals surface area contributed by atoms with Crippen molar-refractivity contribution in [2.75, 3.05) is 5.84 Å². The van der Waals surface area contributed by atoms with E-state index < -0.39 is 0 Å². The van der Waals surface area contributed by atoms with Gasteiger partial charge in [-0.15, -0.1) is 5.10 Å². The third-order valence-corrected chi connectivity index (χ3v) is 1.72. The van der Waals surface area contributed by atoms with Gasteiger partial charge in [-0.3, -0.25) is 0 Å². The Balaban J connectivity index is 2.92. The van der Waals surface area contributed by atoms with Crippen LogP contribution >= 0.6 is 0 Å². The summed E-state index contributed by atoms with van der Waals surface area (Å²) in [7, 11) is 0. The maximum Gasteiger partial charge on any atom is 0.183 e. The molecule has 0 aliphatic carbocycles. The summed E-state index contributed by atoms with van der Waals surface area (Å²) in [5.41, 5.74) is 1.64. The van der Waals surface area contributed by atoms with Gasteiger partial charge in [-0.1, -0.05) is 0 Å². The summed E-state index contributed by atoms with van der Waals surface area (Å²) in [6.07, 6.45) is 1.70. The monoisotopic (exact) mass is 148 g/mol. The van der Waals surface area contributed by atoms with Crippen molar-refractivity contribution in [2.45, 2.75) is 6.92 Å². The molecule has 56 valence electrons. The van der Waals surface area contributed by atoms with Crippen molar-refractivity contribution in [3.05, 3.63) is 24.0 Å². The molecular weight excluding hydrogens is 140 g/mol. The van der Waals surface area contributed by atoms with E-state index in [1.165, 1.54) is 4.79 Å². The van der Waals surface area contributed by atoms with Crippen LogP contribution in [0.4, 0.5) is 0 Å². The van der Waals surface area contributed by atoms with E-state index in [4.69, 9.17) is 5.84 Å². The van der Waals surface area contributed by atoms with Gasteiger partial charge in [0.2, 0.25) is 0 Å². The highest BCUT2D eigenvalue weighted by Gasteiger charge is 2.03. The second kappa shape index (κ2) is 1.95. The number of aryl methyl sites for hydroxylation is 1. The number of pyridine rings is 1. The van der Waals surface area contributed by atoms with Crippen LogP contribution in [0.2, 0.25) is 0 Å². The topological polar surface area (TPSA) is 56.7 Å². The first-order valence-electron chi connectivity index (χ1n) is 3.34. The summed E-state index contributed by atoms with van der Waals surface area (Å²) in [5, 5.41) is 5.01. The molecule has 2 N–H and O–H groups in total. The molecule has 4 heteroatoms. The predicted molar refractivity (Wildman–Crippen MR) is 42.4 cm³/mol. The summed E-state index contributed by atoms with van der Waals surface area (Å²) >= 11 is 0. The highest BCUT2D eigenvalue weighted by Crippen LogP contribution is 2.11. The Morgan fingerprint density at radius 3 is 3.09 bits per heavy atom. The number of nitrogens with two attached hydrogens (primary N) is 1. The van der Waals surface area contributed by atoms with Gasteiger partial charge in [0.25, 0.3) is 0 Å². The minimum absolute atomic E-state index is 0.701. The van der Waals surface area contributed by atoms with Crippen LogP contribution in [-0.4, -0.2) is 14.9 Å². The van der Waals surface area contributed by atoms with Gasteiger partial charge in [0.15, 0.2) is 5.65 Å². The summed E-state index contributed by atoms with van der Waals surface area (Å²) in [4.78, 5) is 5.40. The number of hydrogen-bond acceptors (Lipinski definition) is 3. The van der Waals surface area contributed by atoms with Gasteiger partial charge in [-0.25, -0.2) is 4.98 Å². The number of fused-ring (bicyclic) bond motifs is 1. The zero-order chi connectivity index (χ0) is 7.84. The zero-order valence-corrected chi connectivity index (χ0v) is 6.15. The van der Waals surface area contributed by atoms with Crippen molar-refractivity contribution in [2.24, 2.45) is 0 Å². The molecule has 4 nitrogen and oxygen atoms in total. The average molecular weight is 148 g/mol. The largest absolute Gasteiger partial charge is 0.323 e. The van der Waals surface area contributed by atoms with Crippen molar-refractivity contribution < 1.29 is 0 Å². The molecule has 0 bridgehead atoms. The SMILES string of the molecule is Cc1c2cccnc2nn1N. The Hall–Kier alpha value is -1.58. The fourth-order valence-corrected chi connectivity index (χ4v) is 1.06. The molecule has 0 unspecified atom stereocenters. The van der Waals surface area contributed by atoms with E-state index in [0.29, 0.717) is 5.65 Å². The predicted octanol–water partition coefficient (Wildman–Crippen LogP) is 0.454. The Morgan fingerprint density at radius 2 is 2.36 bits per heavy atom. The summed E-state index contributed by atoms with van der Waals surface area (Å²) in [6.45, 7) is 1.91. The van der Waals surface area contributed by atoms with Crippen LogP contribution in [0.15, 0.2) is 18.3 Å². The molecule has 0 amide bonds. The number of hydrogen-bond donors (Lipinski definition) is 1. The fraction of sp³-hybridized carbons (Fsp3) is 0.143. The molecule has 0 aromatic carbocycles. The maximum atomic E-state index is 5.52. The van der Waals surface area contributed by atoms with E-state index in [2.05, 4.69) is 10.1 Å². The molecule has 0 saturated carbocycles. The van der Waals surface area contributed by atoms with Crippen molar-refractivity contribution in [3.8, 4) is 0 Å². The van der Waals surface area contributed by atoms with E-state index in [1.807, 2.05) is 19.1 Å². The van der Waals surface area contributed by atoms with Gasteiger partial charge in [-0.2, -0.15) is 4.79 Å². The standard InChI is InChI=1S/C7H8N4/c1-5-6-3-2-4-9-7(6)10-11(5)8/h2-4H,8H2,1H3. The summed E-state index contributed by atoms with van der Waals surface area (Å²) in [6, 6.07) is 3.82. The van der Waals surface area contributed by atoms with Gasteiger partial charge < -0.3 is 5.84 Å². The van der Waals surface area contributed by atoms with Crippen LogP contribution < -0.4 is 5.84 Å². The first-order valence-corrected chi connectivity index (χ1v) is 3.34. The number of rotatable bonds is 0. The third-order valence-electron chi connectivity index (χ3n) is 1.72. The first kappa shape index (κ1) is 6.15. The average Bonchev–Trinajstić information content (AvgIpc) is 2.30. The van der Waals surface area contributed by atoms with Crippen LogP contribution in [0.1, 0.15) is 5.69 Å². The van der Waals surface area contributed by atoms with E-state index in [1.54, 1.807) is 6.20 Å². The quantitative estimate of drug-likeness (QED) is 0.552. The lowest BCUT2D eigenvalue weighted by molar-refractivity contribution is 0.809. The van der Waals surface area contributed by atoms with Crippen LogP contribution in [-0.2, 0) is 0 Å². The second-order valence-electron chi connectivity index (χ2n) is 2.40. The summed E-state index contributed by atoms with van der Waals surface area (Å²) in [5.74, 6) is 5.52. The lowest BCUT2D eigenvalue weighted by atomic mass is 10.3. The maximum absolute atomic E-state index is 5.52. The molecule has 0 aliphatic heterocycles. The molecule has 0 atom stereocenters. The lowest BCUT2D eigenvalue weighted by Gasteiger charge is -1.89. The molecule has 0 aliphatic rings. The smallest absolute Gasteiger partial charge is 0.183 e. The van der Waals surface area contributed by atoms with E-state index in [-0.39, 0.29) is 0 Å². The molecule has 0 spiro atoms. The van der Waals surface area contributed by atoms with Gasteiger partial charge in [0.05, 0.1) is 5.69 Å². The minimum atomic E-state index is 0.701. The van der Waals surface area contributed by atoms with E-state index in [9.17, 15) is 0 Å². The number of nitrogens with zero attached hydrogens (tertiary/aromatic N) is 3. The molecule has 2 rings (SSSR count). The summed E-state index contributed by atoms with van der Waals surface area (Å²) < 4.78 is 0. The van der Waals surface area contributed by atoms with Gasteiger partial charge in [-0.05, 0) is 19.1 Å². The normalized spacial score (nSPS) is 10.6. The van der Waals surface area contributed by atoms with Gasteiger partial charge >= 0.3 is 0 Å². The molecule has 2 heterocycles. The number of nitrogen functional groups attached to an aromatic ring is 1. The van der Waals surface area contributed by atoms with Crippen LogP contribution in [0.25, 0.3) is 11.0 Å². The lowest BCUT2D eigenvalue weighted by Crippen LogP contribution is -2.11. The number of aromatic nitrogens is 3. The molecule has 0 radical (unpaired) electrons. The molecular formula is C7H8N4.